The first-order chi connectivity index (χ1) is 8.19. The van der Waals surface area contributed by atoms with E-state index in [9.17, 15) is 0 Å². The van der Waals surface area contributed by atoms with Gasteiger partial charge in [-0.25, -0.2) is 0 Å². The molecule has 0 aromatic heterocycles. The van der Waals surface area contributed by atoms with Crippen molar-refractivity contribution in [1.82, 2.24) is 10.2 Å². The van der Waals surface area contributed by atoms with Gasteiger partial charge in [-0.1, -0.05) is 34.1 Å². The number of hydrogen-bond acceptors (Lipinski definition) is 2. The van der Waals surface area contributed by atoms with Crippen LogP contribution in [0.15, 0.2) is 0 Å². The van der Waals surface area contributed by atoms with E-state index in [-0.39, 0.29) is 0 Å². The summed E-state index contributed by atoms with van der Waals surface area (Å²) in [5.41, 5.74) is 0. The SMILES string of the molecule is CCCC(CNCC)N1CCC(C(C)C)CC1. The van der Waals surface area contributed by atoms with Gasteiger partial charge in [-0.3, -0.25) is 4.90 Å². The largest absolute Gasteiger partial charge is 0.315 e. The van der Waals surface area contributed by atoms with Gasteiger partial charge in [0.25, 0.3) is 0 Å². The van der Waals surface area contributed by atoms with Crippen molar-refractivity contribution in [3.8, 4) is 0 Å². The van der Waals surface area contributed by atoms with E-state index in [0.29, 0.717) is 0 Å². The van der Waals surface area contributed by atoms with Crippen molar-refractivity contribution in [3.05, 3.63) is 0 Å². The predicted octanol–water partition coefficient (Wildman–Crippen LogP) is 3.13. The average Bonchev–Trinajstić information content (AvgIpc) is 2.34. The van der Waals surface area contributed by atoms with E-state index in [4.69, 9.17) is 0 Å². The maximum atomic E-state index is 3.52. The second-order valence-corrected chi connectivity index (χ2v) is 5.87. The van der Waals surface area contributed by atoms with Crippen LogP contribution in [0.3, 0.4) is 0 Å². The fraction of sp³-hybridized carbons (Fsp3) is 1.00. The first kappa shape index (κ1) is 15.0. The Morgan fingerprint density at radius 3 is 2.29 bits per heavy atom. The molecule has 1 aliphatic rings. The summed E-state index contributed by atoms with van der Waals surface area (Å²) >= 11 is 0. The maximum absolute atomic E-state index is 3.52. The third-order valence-corrected chi connectivity index (χ3v) is 4.29. The van der Waals surface area contributed by atoms with E-state index in [1.54, 1.807) is 0 Å². The molecule has 1 heterocycles. The molecule has 2 heteroatoms. The molecule has 0 aromatic carbocycles. The second-order valence-electron chi connectivity index (χ2n) is 5.87. The molecule has 1 rings (SSSR count). The monoisotopic (exact) mass is 240 g/mol. The van der Waals surface area contributed by atoms with Crippen LogP contribution in [-0.4, -0.2) is 37.1 Å². The molecule has 0 saturated carbocycles. The van der Waals surface area contributed by atoms with Crippen LogP contribution in [0.1, 0.15) is 53.4 Å². The second kappa shape index (κ2) is 8.10. The minimum atomic E-state index is 0.771. The molecule has 1 N–H and O–H groups in total. The van der Waals surface area contributed by atoms with Gasteiger partial charge in [-0.2, -0.15) is 0 Å². The van der Waals surface area contributed by atoms with Crippen molar-refractivity contribution < 1.29 is 0 Å². The molecule has 102 valence electrons. The number of likely N-dealkylation sites (N-methyl/N-ethyl adjacent to an activating group) is 1. The Bertz CT molecular complexity index is 183. The third kappa shape index (κ3) is 4.97. The number of rotatable bonds is 7. The molecule has 0 aromatic rings. The zero-order chi connectivity index (χ0) is 12.7. The smallest absolute Gasteiger partial charge is 0.0220 e. The van der Waals surface area contributed by atoms with Gasteiger partial charge in [0.2, 0.25) is 0 Å². The highest BCUT2D eigenvalue weighted by Gasteiger charge is 2.25. The minimum absolute atomic E-state index is 0.771. The van der Waals surface area contributed by atoms with Crippen molar-refractivity contribution in [2.45, 2.75) is 59.4 Å². The molecule has 0 bridgehead atoms. The molecule has 0 aliphatic carbocycles. The standard InChI is InChI=1S/C15H32N2/c1-5-7-15(12-16-6-2)17-10-8-14(9-11-17)13(3)4/h13-16H,5-12H2,1-4H3. The zero-order valence-corrected chi connectivity index (χ0v) is 12.3. The van der Waals surface area contributed by atoms with E-state index in [1.807, 2.05) is 0 Å². The summed E-state index contributed by atoms with van der Waals surface area (Å²) in [6, 6.07) is 0.771. The molecule has 1 saturated heterocycles. The van der Waals surface area contributed by atoms with E-state index in [1.165, 1.54) is 45.3 Å². The summed E-state index contributed by atoms with van der Waals surface area (Å²) in [4.78, 5) is 2.73. The first-order valence-corrected chi connectivity index (χ1v) is 7.63. The van der Waals surface area contributed by atoms with Gasteiger partial charge >= 0.3 is 0 Å². The fourth-order valence-corrected chi connectivity index (χ4v) is 3.01. The Hall–Kier alpha value is -0.0800. The quantitative estimate of drug-likeness (QED) is 0.735. The summed E-state index contributed by atoms with van der Waals surface area (Å²) in [7, 11) is 0. The lowest BCUT2D eigenvalue weighted by atomic mass is 9.86. The Kier molecular flexibility index (Phi) is 7.14. The van der Waals surface area contributed by atoms with Crippen molar-refractivity contribution in [3.63, 3.8) is 0 Å². The summed E-state index contributed by atoms with van der Waals surface area (Å²) in [5, 5.41) is 3.52. The molecular formula is C15H32N2. The Morgan fingerprint density at radius 1 is 1.18 bits per heavy atom. The van der Waals surface area contributed by atoms with Gasteiger partial charge in [-0.05, 0) is 50.7 Å². The molecule has 0 radical (unpaired) electrons. The van der Waals surface area contributed by atoms with E-state index >= 15 is 0 Å². The highest BCUT2D eigenvalue weighted by molar-refractivity contribution is 4.80. The van der Waals surface area contributed by atoms with Crippen molar-refractivity contribution in [2.24, 2.45) is 11.8 Å². The number of likely N-dealkylation sites (tertiary alicyclic amines) is 1. The van der Waals surface area contributed by atoms with Crippen molar-refractivity contribution in [1.29, 1.82) is 0 Å². The van der Waals surface area contributed by atoms with Crippen LogP contribution in [-0.2, 0) is 0 Å². The molecule has 0 spiro atoms. The normalized spacial score (nSPS) is 21.0. The van der Waals surface area contributed by atoms with Crippen LogP contribution < -0.4 is 5.32 Å². The Balaban J connectivity index is 2.37. The van der Waals surface area contributed by atoms with Crippen LogP contribution in [0.4, 0.5) is 0 Å². The van der Waals surface area contributed by atoms with Crippen LogP contribution in [0.5, 0.6) is 0 Å². The lowest BCUT2D eigenvalue weighted by Crippen LogP contribution is -2.46. The van der Waals surface area contributed by atoms with Gasteiger partial charge in [0.15, 0.2) is 0 Å². The summed E-state index contributed by atoms with van der Waals surface area (Å²) in [5.74, 6) is 1.84. The van der Waals surface area contributed by atoms with Gasteiger partial charge in [0.05, 0.1) is 0 Å². The Morgan fingerprint density at radius 2 is 1.82 bits per heavy atom. The van der Waals surface area contributed by atoms with Crippen molar-refractivity contribution >= 4 is 0 Å². The number of nitrogens with one attached hydrogen (secondary N) is 1. The summed E-state index contributed by atoms with van der Waals surface area (Å²) < 4.78 is 0. The van der Waals surface area contributed by atoms with Gasteiger partial charge in [0.1, 0.15) is 0 Å². The molecule has 1 aliphatic heterocycles. The predicted molar refractivity (Wildman–Crippen MR) is 76.4 cm³/mol. The highest BCUT2D eigenvalue weighted by atomic mass is 15.2. The molecule has 1 unspecified atom stereocenters. The number of hydrogen-bond donors (Lipinski definition) is 1. The number of nitrogens with zero attached hydrogens (tertiary/aromatic N) is 1. The van der Waals surface area contributed by atoms with Crippen molar-refractivity contribution in [2.75, 3.05) is 26.2 Å². The lowest BCUT2D eigenvalue weighted by Gasteiger charge is -2.39. The van der Waals surface area contributed by atoms with Crippen LogP contribution in [0.25, 0.3) is 0 Å². The molecule has 17 heavy (non-hydrogen) atoms. The van der Waals surface area contributed by atoms with E-state index < -0.39 is 0 Å². The topological polar surface area (TPSA) is 15.3 Å². The van der Waals surface area contributed by atoms with Crippen LogP contribution >= 0.6 is 0 Å². The van der Waals surface area contributed by atoms with E-state index in [0.717, 1.165) is 24.4 Å². The Labute approximate surface area is 108 Å². The highest BCUT2D eigenvalue weighted by Crippen LogP contribution is 2.26. The van der Waals surface area contributed by atoms with E-state index in [2.05, 4.69) is 37.9 Å². The van der Waals surface area contributed by atoms with Gasteiger partial charge in [0, 0.05) is 12.6 Å². The summed E-state index contributed by atoms with van der Waals surface area (Å²) in [6.45, 7) is 14.2. The minimum Gasteiger partial charge on any atom is -0.315 e. The molecule has 1 atom stereocenters. The first-order valence-electron chi connectivity index (χ1n) is 7.63. The lowest BCUT2D eigenvalue weighted by molar-refractivity contribution is 0.108. The average molecular weight is 240 g/mol. The van der Waals surface area contributed by atoms with Gasteiger partial charge < -0.3 is 5.32 Å². The van der Waals surface area contributed by atoms with Crippen LogP contribution in [0.2, 0.25) is 0 Å². The maximum Gasteiger partial charge on any atom is 0.0220 e. The van der Waals surface area contributed by atoms with Crippen LogP contribution in [0, 0.1) is 11.8 Å². The number of piperidine rings is 1. The molecule has 1 fully saturated rings. The zero-order valence-electron chi connectivity index (χ0n) is 12.3. The van der Waals surface area contributed by atoms with Gasteiger partial charge in [-0.15, -0.1) is 0 Å². The molecule has 2 nitrogen and oxygen atoms in total. The molecule has 0 amide bonds. The molecular weight excluding hydrogens is 208 g/mol. The fourth-order valence-electron chi connectivity index (χ4n) is 3.01. The summed E-state index contributed by atoms with van der Waals surface area (Å²) in [6.07, 6.45) is 5.47. The third-order valence-electron chi connectivity index (χ3n) is 4.29.